The van der Waals surface area contributed by atoms with Crippen LogP contribution in [0.2, 0.25) is 0 Å². The molecule has 3 rings (SSSR count). The third kappa shape index (κ3) is 2.67. The van der Waals surface area contributed by atoms with E-state index >= 15 is 0 Å². The quantitative estimate of drug-likeness (QED) is 0.823. The lowest BCUT2D eigenvalue weighted by Gasteiger charge is -2.30. The Labute approximate surface area is 113 Å². The van der Waals surface area contributed by atoms with Gasteiger partial charge in [-0.25, -0.2) is 0 Å². The van der Waals surface area contributed by atoms with Crippen molar-refractivity contribution in [1.82, 2.24) is 10.1 Å². The highest BCUT2D eigenvalue weighted by molar-refractivity contribution is 5.04. The van der Waals surface area contributed by atoms with Crippen molar-refractivity contribution in [3.05, 3.63) is 11.7 Å². The van der Waals surface area contributed by atoms with Gasteiger partial charge in [0.15, 0.2) is 0 Å². The molecule has 3 atom stereocenters. The second kappa shape index (κ2) is 5.21. The first-order valence-electron chi connectivity index (χ1n) is 7.27. The zero-order chi connectivity index (χ0) is 13.3. The van der Waals surface area contributed by atoms with E-state index in [1.54, 1.807) is 0 Å². The van der Waals surface area contributed by atoms with Crippen LogP contribution in [0.3, 0.4) is 0 Å². The van der Waals surface area contributed by atoms with Crippen molar-refractivity contribution < 1.29 is 14.0 Å². The first-order chi connectivity index (χ1) is 9.17. The van der Waals surface area contributed by atoms with Gasteiger partial charge < -0.3 is 14.0 Å². The Kier molecular flexibility index (Phi) is 3.58. The summed E-state index contributed by atoms with van der Waals surface area (Å²) in [6.45, 7) is 5.72. The summed E-state index contributed by atoms with van der Waals surface area (Å²) in [5.41, 5.74) is -0.364. The predicted octanol–water partition coefficient (Wildman–Crippen LogP) is 2.77. The highest BCUT2D eigenvalue weighted by Gasteiger charge is 2.36. The SMILES string of the molecule is CC1CC(c2nc(C3(C)CCCCO3)no2)CCO1. The molecule has 2 fully saturated rings. The third-order valence-electron chi connectivity index (χ3n) is 4.22. The molecule has 5 heteroatoms. The fourth-order valence-electron chi connectivity index (χ4n) is 2.95. The number of ether oxygens (including phenoxy) is 2. The maximum Gasteiger partial charge on any atom is 0.230 e. The monoisotopic (exact) mass is 266 g/mol. The number of hydrogen-bond donors (Lipinski definition) is 0. The van der Waals surface area contributed by atoms with E-state index in [1.807, 2.05) is 0 Å². The predicted molar refractivity (Wildman–Crippen MR) is 68.8 cm³/mol. The van der Waals surface area contributed by atoms with Crippen LogP contribution in [0.5, 0.6) is 0 Å². The summed E-state index contributed by atoms with van der Waals surface area (Å²) in [6.07, 6.45) is 5.45. The Bertz CT molecular complexity index is 426. The summed E-state index contributed by atoms with van der Waals surface area (Å²) in [5.74, 6) is 1.79. The van der Waals surface area contributed by atoms with E-state index in [0.717, 1.165) is 51.2 Å². The highest BCUT2D eigenvalue weighted by atomic mass is 16.5. The molecule has 2 aliphatic heterocycles. The van der Waals surface area contributed by atoms with Gasteiger partial charge in [-0.3, -0.25) is 0 Å². The second-order valence-corrected chi connectivity index (χ2v) is 5.90. The summed E-state index contributed by atoms with van der Waals surface area (Å²) in [4.78, 5) is 4.61. The number of hydrogen-bond acceptors (Lipinski definition) is 5. The van der Waals surface area contributed by atoms with Gasteiger partial charge in [-0.15, -0.1) is 0 Å². The molecule has 19 heavy (non-hydrogen) atoms. The zero-order valence-electron chi connectivity index (χ0n) is 11.7. The Balaban J connectivity index is 1.75. The molecule has 1 aromatic heterocycles. The van der Waals surface area contributed by atoms with Crippen LogP contribution in [-0.4, -0.2) is 29.5 Å². The van der Waals surface area contributed by atoms with E-state index in [0.29, 0.717) is 11.7 Å². The van der Waals surface area contributed by atoms with E-state index < -0.39 is 0 Å². The van der Waals surface area contributed by atoms with Crippen LogP contribution in [0, 0.1) is 0 Å². The maximum absolute atomic E-state index is 5.86. The van der Waals surface area contributed by atoms with Gasteiger partial charge >= 0.3 is 0 Å². The van der Waals surface area contributed by atoms with Crippen LogP contribution >= 0.6 is 0 Å². The standard InChI is InChI=1S/C14H22N2O3/c1-10-9-11(5-8-17-10)12-15-13(16-19-12)14(2)6-3-4-7-18-14/h10-11H,3-9H2,1-2H3. The molecule has 0 radical (unpaired) electrons. The van der Waals surface area contributed by atoms with Crippen molar-refractivity contribution in [3.63, 3.8) is 0 Å². The molecule has 2 aliphatic rings. The summed E-state index contributed by atoms with van der Waals surface area (Å²) >= 11 is 0. The van der Waals surface area contributed by atoms with Crippen molar-refractivity contribution in [2.75, 3.05) is 13.2 Å². The molecule has 0 amide bonds. The maximum atomic E-state index is 5.86. The first kappa shape index (κ1) is 13.1. The van der Waals surface area contributed by atoms with E-state index in [-0.39, 0.29) is 11.7 Å². The molecule has 0 saturated carbocycles. The minimum atomic E-state index is -0.364. The van der Waals surface area contributed by atoms with Gasteiger partial charge in [-0.05, 0) is 46.0 Å². The minimum Gasteiger partial charge on any atom is -0.378 e. The lowest BCUT2D eigenvalue weighted by atomic mass is 9.94. The molecule has 0 aliphatic carbocycles. The van der Waals surface area contributed by atoms with E-state index in [2.05, 4.69) is 24.0 Å². The van der Waals surface area contributed by atoms with Gasteiger partial charge in [0.25, 0.3) is 0 Å². The van der Waals surface area contributed by atoms with Crippen LogP contribution in [0.25, 0.3) is 0 Å². The smallest absolute Gasteiger partial charge is 0.230 e. The largest absolute Gasteiger partial charge is 0.378 e. The molecular formula is C14H22N2O3. The van der Waals surface area contributed by atoms with Crippen molar-refractivity contribution in [2.45, 2.75) is 63.6 Å². The normalized spacial score (nSPS) is 36.3. The van der Waals surface area contributed by atoms with E-state index in [4.69, 9.17) is 14.0 Å². The summed E-state index contributed by atoms with van der Waals surface area (Å²) < 4.78 is 16.9. The van der Waals surface area contributed by atoms with Crippen molar-refractivity contribution >= 4 is 0 Å². The number of aromatic nitrogens is 2. The Morgan fingerprint density at radius 2 is 2.16 bits per heavy atom. The van der Waals surface area contributed by atoms with Crippen LogP contribution in [0.15, 0.2) is 4.52 Å². The fourth-order valence-corrected chi connectivity index (χ4v) is 2.95. The molecular weight excluding hydrogens is 244 g/mol. The molecule has 2 saturated heterocycles. The molecule has 0 spiro atoms. The topological polar surface area (TPSA) is 57.4 Å². The Morgan fingerprint density at radius 3 is 2.89 bits per heavy atom. The molecule has 0 aromatic carbocycles. The van der Waals surface area contributed by atoms with Gasteiger partial charge in [-0.2, -0.15) is 4.98 Å². The summed E-state index contributed by atoms with van der Waals surface area (Å²) in [7, 11) is 0. The lowest BCUT2D eigenvalue weighted by molar-refractivity contribution is -0.0770. The lowest BCUT2D eigenvalue weighted by Crippen LogP contribution is -2.31. The number of rotatable bonds is 2. The second-order valence-electron chi connectivity index (χ2n) is 5.90. The molecule has 3 unspecified atom stereocenters. The minimum absolute atomic E-state index is 0.274. The van der Waals surface area contributed by atoms with Crippen molar-refractivity contribution in [3.8, 4) is 0 Å². The zero-order valence-corrected chi connectivity index (χ0v) is 11.7. The fraction of sp³-hybridized carbons (Fsp3) is 0.857. The molecule has 1 aromatic rings. The van der Waals surface area contributed by atoms with Gasteiger partial charge in [0.1, 0.15) is 5.60 Å². The van der Waals surface area contributed by atoms with E-state index in [9.17, 15) is 0 Å². The highest BCUT2D eigenvalue weighted by Crippen LogP contribution is 2.35. The van der Waals surface area contributed by atoms with Gasteiger partial charge in [-0.1, -0.05) is 5.16 Å². The Morgan fingerprint density at radius 1 is 1.26 bits per heavy atom. The Hall–Kier alpha value is -0.940. The van der Waals surface area contributed by atoms with Crippen LogP contribution < -0.4 is 0 Å². The molecule has 5 nitrogen and oxygen atoms in total. The van der Waals surface area contributed by atoms with Gasteiger partial charge in [0, 0.05) is 19.1 Å². The summed E-state index contributed by atoms with van der Waals surface area (Å²) in [6, 6.07) is 0. The molecule has 0 bridgehead atoms. The van der Waals surface area contributed by atoms with Crippen LogP contribution in [0.1, 0.15) is 63.6 Å². The molecule has 106 valence electrons. The van der Waals surface area contributed by atoms with Gasteiger partial charge in [0.05, 0.1) is 6.10 Å². The third-order valence-corrected chi connectivity index (χ3v) is 4.22. The number of nitrogens with zero attached hydrogens (tertiary/aromatic N) is 2. The first-order valence-corrected chi connectivity index (χ1v) is 7.27. The van der Waals surface area contributed by atoms with E-state index in [1.165, 1.54) is 0 Å². The molecule has 3 heterocycles. The van der Waals surface area contributed by atoms with Crippen molar-refractivity contribution in [1.29, 1.82) is 0 Å². The van der Waals surface area contributed by atoms with Crippen LogP contribution in [0.4, 0.5) is 0 Å². The average molecular weight is 266 g/mol. The molecule has 0 N–H and O–H groups in total. The summed E-state index contributed by atoms with van der Waals surface area (Å²) in [5, 5.41) is 4.16. The van der Waals surface area contributed by atoms with Crippen LogP contribution in [-0.2, 0) is 15.1 Å². The average Bonchev–Trinajstić information content (AvgIpc) is 2.90. The van der Waals surface area contributed by atoms with Gasteiger partial charge in [0.2, 0.25) is 11.7 Å². The van der Waals surface area contributed by atoms with Crippen molar-refractivity contribution in [2.24, 2.45) is 0 Å².